The molecule has 0 fully saturated rings. The van der Waals surface area contributed by atoms with Crippen LogP contribution in [0.5, 0.6) is 0 Å². The van der Waals surface area contributed by atoms with Gasteiger partial charge in [-0.2, -0.15) is 0 Å². The Hall–Kier alpha value is -0.870. The van der Waals surface area contributed by atoms with Crippen molar-refractivity contribution in [2.45, 2.75) is 6.10 Å². The summed E-state index contributed by atoms with van der Waals surface area (Å²) in [5.41, 5.74) is 4.07. The van der Waals surface area contributed by atoms with E-state index in [1.54, 1.807) is 0 Å². The average molecular weight is 307 g/mol. The van der Waals surface area contributed by atoms with E-state index in [9.17, 15) is 5.11 Å². The highest BCUT2D eigenvalue weighted by Crippen LogP contribution is 2.45. The molecule has 0 aromatic heterocycles. The van der Waals surface area contributed by atoms with Crippen LogP contribution in [0.4, 0.5) is 0 Å². The molecule has 1 radical (unpaired) electrons. The Kier molecular flexibility index (Phi) is 2.07. The van der Waals surface area contributed by atoms with Gasteiger partial charge >= 0.3 is 0 Å². The maximum atomic E-state index is 12.2. The van der Waals surface area contributed by atoms with Crippen molar-refractivity contribution < 1.29 is 5.11 Å². The Bertz CT molecular complexity index is 534. The van der Waals surface area contributed by atoms with E-state index in [4.69, 9.17) is 0 Å². The van der Waals surface area contributed by atoms with Gasteiger partial charge in [-0.15, -0.1) is 0 Å². The average Bonchev–Trinajstić information content (AvgIpc) is 2.55. The lowest BCUT2D eigenvalue weighted by Crippen LogP contribution is -1.94. The highest BCUT2D eigenvalue weighted by Gasteiger charge is 2.29. The lowest BCUT2D eigenvalue weighted by atomic mass is 10.1. The maximum Gasteiger partial charge on any atom is 0.145 e. The summed E-state index contributed by atoms with van der Waals surface area (Å²) in [6.07, 6.45) is -0.704. The van der Waals surface area contributed by atoms with Crippen LogP contribution >= 0.6 is 22.6 Å². The zero-order chi connectivity index (χ0) is 10.4. The van der Waals surface area contributed by atoms with Gasteiger partial charge in [-0.1, -0.05) is 36.4 Å². The van der Waals surface area contributed by atoms with Gasteiger partial charge in [0.05, 0.1) is 0 Å². The first-order chi connectivity index (χ1) is 7.29. The van der Waals surface area contributed by atoms with E-state index in [1.165, 1.54) is 0 Å². The quantitative estimate of drug-likeness (QED) is 0.660. The first-order valence-electron chi connectivity index (χ1n) is 4.82. The van der Waals surface area contributed by atoms with Crippen LogP contribution in [0.15, 0.2) is 42.5 Å². The number of benzene rings is 2. The van der Waals surface area contributed by atoms with Crippen molar-refractivity contribution >= 4 is 22.6 Å². The number of rotatable bonds is 0. The summed E-state index contributed by atoms with van der Waals surface area (Å²) in [6, 6.07) is 13.9. The first kappa shape index (κ1) is 9.36. The number of halogens is 1. The van der Waals surface area contributed by atoms with Crippen molar-refractivity contribution in [3.05, 3.63) is 57.2 Å². The van der Waals surface area contributed by atoms with Crippen molar-refractivity contribution in [1.29, 1.82) is 0 Å². The van der Waals surface area contributed by atoms with E-state index in [0.717, 1.165) is 25.8 Å². The van der Waals surface area contributed by atoms with Gasteiger partial charge < -0.3 is 0 Å². The molecule has 2 heteroatoms. The Morgan fingerprint density at radius 3 is 2.53 bits per heavy atom. The van der Waals surface area contributed by atoms with Gasteiger partial charge in [0.25, 0.3) is 0 Å². The van der Waals surface area contributed by atoms with E-state index >= 15 is 0 Å². The Labute approximate surface area is 102 Å². The van der Waals surface area contributed by atoms with Crippen molar-refractivity contribution in [2.75, 3.05) is 0 Å². The molecule has 1 unspecified atom stereocenters. The van der Waals surface area contributed by atoms with Crippen LogP contribution in [0.25, 0.3) is 11.1 Å². The molecule has 0 saturated heterocycles. The zero-order valence-corrected chi connectivity index (χ0v) is 10.1. The van der Waals surface area contributed by atoms with Gasteiger partial charge in [0.1, 0.15) is 6.10 Å². The van der Waals surface area contributed by atoms with Crippen LogP contribution in [-0.2, 0) is 5.11 Å². The molecular formula is C13H8IO. The van der Waals surface area contributed by atoms with E-state index in [0.29, 0.717) is 0 Å². The summed E-state index contributed by atoms with van der Waals surface area (Å²) < 4.78 is 1.07. The highest BCUT2D eigenvalue weighted by molar-refractivity contribution is 14.1. The normalized spacial score (nSPS) is 17.3. The third-order valence-electron chi connectivity index (χ3n) is 2.85. The zero-order valence-electron chi connectivity index (χ0n) is 7.91. The lowest BCUT2D eigenvalue weighted by molar-refractivity contribution is 0.128. The minimum atomic E-state index is -0.704. The number of fused-ring (bicyclic) bond motifs is 3. The molecule has 3 rings (SSSR count). The fourth-order valence-corrected chi connectivity index (χ4v) is 2.95. The summed E-state index contributed by atoms with van der Waals surface area (Å²) in [6.45, 7) is 0. The fraction of sp³-hybridized carbons (Fsp3) is 0.0769. The summed E-state index contributed by atoms with van der Waals surface area (Å²) in [7, 11) is 0. The number of hydrogen-bond donors (Lipinski definition) is 0. The molecule has 2 aromatic carbocycles. The standard InChI is InChI=1S/C13H8IO/c14-11-7-3-6-9-8-4-1-2-5-10(8)13(15)12(9)11/h1-7,13H. The van der Waals surface area contributed by atoms with Gasteiger partial charge in [0.15, 0.2) is 0 Å². The minimum Gasteiger partial charge on any atom is -0.223 e. The minimum absolute atomic E-state index is 0.704. The molecule has 0 saturated carbocycles. The Morgan fingerprint density at radius 2 is 1.67 bits per heavy atom. The Morgan fingerprint density at radius 1 is 0.933 bits per heavy atom. The van der Waals surface area contributed by atoms with Gasteiger partial charge in [0, 0.05) is 9.13 Å². The van der Waals surface area contributed by atoms with Crippen LogP contribution in [0, 0.1) is 3.57 Å². The maximum absolute atomic E-state index is 12.2. The molecule has 1 atom stereocenters. The van der Waals surface area contributed by atoms with Crippen LogP contribution in [-0.4, -0.2) is 0 Å². The van der Waals surface area contributed by atoms with E-state index in [1.807, 2.05) is 42.5 Å². The lowest BCUT2D eigenvalue weighted by Gasteiger charge is -2.04. The molecule has 1 nitrogen and oxygen atoms in total. The molecule has 2 aromatic rings. The summed E-state index contributed by atoms with van der Waals surface area (Å²) in [5, 5.41) is 12.2. The highest BCUT2D eigenvalue weighted by atomic mass is 127. The van der Waals surface area contributed by atoms with E-state index < -0.39 is 6.10 Å². The Balaban J connectivity index is 2.37. The van der Waals surface area contributed by atoms with Crippen molar-refractivity contribution in [3.8, 4) is 11.1 Å². The molecule has 0 aliphatic heterocycles. The molecule has 1 aliphatic carbocycles. The largest absolute Gasteiger partial charge is 0.223 e. The topological polar surface area (TPSA) is 19.9 Å². The molecule has 73 valence electrons. The van der Waals surface area contributed by atoms with Gasteiger partial charge in [-0.25, -0.2) is 5.11 Å². The molecule has 0 spiro atoms. The predicted octanol–water partition coefficient (Wildman–Crippen LogP) is 3.79. The van der Waals surface area contributed by atoms with Crippen LogP contribution in [0.2, 0.25) is 0 Å². The second-order valence-electron chi connectivity index (χ2n) is 3.67. The van der Waals surface area contributed by atoms with Gasteiger partial charge in [-0.05, 0) is 45.3 Å². The summed E-state index contributed by atoms with van der Waals surface area (Å²) >= 11 is 2.24. The first-order valence-corrected chi connectivity index (χ1v) is 5.90. The third kappa shape index (κ3) is 1.25. The monoisotopic (exact) mass is 307 g/mol. The van der Waals surface area contributed by atoms with Crippen LogP contribution in [0.3, 0.4) is 0 Å². The molecule has 0 amide bonds. The molecule has 0 N–H and O–H groups in total. The second kappa shape index (κ2) is 3.32. The van der Waals surface area contributed by atoms with Gasteiger partial charge in [0.2, 0.25) is 0 Å². The summed E-state index contributed by atoms with van der Waals surface area (Å²) in [4.78, 5) is 0. The third-order valence-corrected chi connectivity index (χ3v) is 3.79. The van der Waals surface area contributed by atoms with Gasteiger partial charge in [-0.3, -0.25) is 0 Å². The van der Waals surface area contributed by atoms with Crippen molar-refractivity contribution in [2.24, 2.45) is 0 Å². The molecule has 1 aliphatic rings. The van der Waals surface area contributed by atoms with Crippen molar-refractivity contribution in [1.82, 2.24) is 0 Å². The molecular weight excluding hydrogens is 299 g/mol. The van der Waals surface area contributed by atoms with Crippen LogP contribution in [0.1, 0.15) is 17.2 Å². The molecule has 0 bridgehead atoms. The number of hydrogen-bond acceptors (Lipinski definition) is 0. The molecule has 0 heterocycles. The smallest absolute Gasteiger partial charge is 0.145 e. The SMILES string of the molecule is [O]C1c2ccccc2-c2cccc(I)c21. The van der Waals surface area contributed by atoms with E-state index in [-0.39, 0.29) is 0 Å². The predicted molar refractivity (Wildman–Crippen MR) is 67.1 cm³/mol. The summed E-state index contributed by atoms with van der Waals surface area (Å²) in [5.74, 6) is 0. The van der Waals surface area contributed by atoms with Crippen molar-refractivity contribution in [3.63, 3.8) is 0 Å². The van der Waals surface area contributed by atoms with Crippen LogP contribution < -0.4 is 0 Å². The second-order valence-corrected chi connectivity index (χ2v) is 4.83. The fourth-order valence-electron chi connectivity index (χ4n) is 2.16. The molecule has 15 heavy (non-hydrogen) atoms. The van der Waals surface area contributed by atoms with E-state index in [2.05, 4.69) is 22.6 Å².